The van der Waals surface area contributed by atoms with E-state index in [4.69, 9.17) is 4.74 Å². The first-order chi connectivity index (χ1) is 8.50. The number of ether oxygens (including phenoxy) is 1. The standard InChI is InChI=1S/C10H8BrFN2O4/c11-6-3-7(12)9(14(16)17)4-8(6)13-1-2-18-5-10(13)15/h3-4H,1-2,5H2. The Kier molecular flexibility index (Phi) is 3.58. The lowest BCUT2D eigenvalue weighted by Gasteiger charge is -2.27. The number of nitrogens with zero attached hydrogens (tertiary/aromatic N) is 2. The quantitative estimate of drug-likeness (QED) is 0.616. The molecule has 1 saturated heterocycles. The van der Waals surface area contributed by atoms with Crippen LogP contribution >= 0.6 is 15.9 Å². The zero-order valence-corrected chi connectivity index (χ0v) is 10.6. The second kappa shape index (κ2) is 4.99. The van der Waals surface area contributed by atoms with Crippen LogP contribution < -0.4 is 4.90 Å². The van der Waals surface area contributed by atoms with Crippen molar-refractivity contribution in [2.45, 2.75) is 0 Å². The molecule has 1 aliphatic rings. The molecule has 0 bridgehead atoms. The summed E-state index contributed by atoms with van der Waals surface area (Å²) in [5.74, 6) is -1.26. The third kappa shape index (κ3) is 2.34. The largest absolute Gasteiger partial charge is 0.370 e. The highest BCUT2D eigenvalue weighted by atomic mass is 79.9. The van der Waals surface area contributed by atoms with Crippen LogP contribution in [0.25, 0.3) is 0 Å². The Balaban J connectivity index is 2.46. The molecule has 1 amide bonds. The third-order valence-corrected chi connectivity index (χ3v) is 3.12. The Hall–Kier alpha value is -1.54. The number of rotatable bonds is 2. The third-order valence-electron chi connectivity index (χ3n) is 2.49. The molecule has 18 heavy (non-hydrogen) atoms. The van der Waals surface area contributed by atoms with Crippen molar-refractivity contribution >= 4 is 33.2 Å². The van der Waals surface area contributed by atoms with E-state index in [0.717, 1.165) is 12.1 Å². The summed E-state index contributed by atoms with van der Waals surface area (Å²) in [6.45, 7) is 0.529. The van der Waals surface area contributed by atoms with Crippen LogP contribution in [0.4, 0.5) is 15.8 Å². The molecular weight excluding hydrogens is 311 g/mol. The Morgan fingerprint density at radius 2 is 2.22 bits per heavy atom. The second-order valence-electron chi connectivity index (χ2n) is 3.61. The molecule has 6 nitrogen and oxygen atoms in total. The SMILES string of the molecule is O=C1COCCN1c1cc([N+](=O)[O-])c(F)cc1Br. The van der Waals surface area contributed by atoms with Gasteiger partial charge >= 0.3 is 5.69 Å². The predicted molar refractivity (Wildman–Crippen MR) is 63.9 cm³/mol. The van der Waals surface area contributed by atoms with Gasteiger partial charge in [-0.1, -0.05) is 0 Å². The number of hydrogen-bond donors (Lipinski definition) is 0. The minimum atomic E-state index is -0.948. The van der Waals surface area contributed by atoms with Gasteiger partial charge < -0.3 is 9.64 Å². The van der Waals surface area contributed by atoms with E-state index in [0.29, 0.717) is 11.1 Å². The first-order valence-electron chi connectivity index (χ1n) is 5.02. The van der Waals surface area contributed by atoms with Crippen molar-refractivity contribution in [3.8, 4) is 0 Å². The van der Waals surface area contributed by atoms with Crippen LogP contribution in [0.1, 0.15) is 0 Å². The number of morpholine rings is 1. The normalized spacial score (nSPS) is 15.9. The highest BCUT2D eigenvalue weighted by molar-refractivity contribution is 9.10. The van der Waals surface area contributed by atoms with Crippen LogP contribution in [0.2, 0.25) is 0 Å². The van der Waals surface area contributed by atoms with E-state index < -0.39 is 16.4 Å². The Bertz CT molecular complexity index is 523. The molecule has 0 radical (unpaired) electrons. The van der Waals surface area contributed by atoms with Gasteiger partial charge in [-0.2, -0.15) is 4.39 Å². The summed E-state index contributed by atoms with van der Waals surface area (Å²) >= 11 is 3.10. The minimum absolute atomic E-state index is 0.0857. The van der Waals surface area contributed by atoms with Crippen molar-refractivity contribution in [3.05, 3.63) is 32.5 Å². The van der Waals surface area contributed by atoms with Crippen molar-refractivity contribution in [3.63, 3.8) is 0 Å². The molecule has 0 unspecified atom stereocenters. The van der Waals surface area contributed by atoms with E-state index in [1.807, 2.05) is 0 Å². The van der Waals surface area contributed by atoms with Crippen LogP contribution in [-0.2, 0) is 9.53 Å². The molecule has 1 aromatic rings. The van der Waals surface area contributed by atoms with E-state index in [-0.39, 0.29) is 24.7 Å². The molecule has 0 atom stereocenters. The Morgan fingerprint density at radius 3 is 2.83 bits per heavy atom. The lowest BCUT2D eigenvalue weighted by atomic mass is 10.2. The van der Waals surface area contributed by atoms with Crippen LogP contribution in [-0.4, -0.2) is 30.6 Å². The van der Waals surface area contributed by atoms with E-state index in [2.05, 4.69) is 15.9 Å². The van der Waals surface area contributed by atoms with Gasteiger partial charge in [0.05, 0.1) is 17.2 Å². The summed E-state index contributed by atoms with van der Waals surface area (Å²) < 4.78 is 18.6. The van der Waals surface area contributed by atoms with Crippen molar-refractivity contribution in [2.24, 2.45) is 0 Å². The van der Waals surface area contributed by atoms with Gasteiger partial charge in [0.25, 0.3) is 5.91 Å². The van der Waals surface area contributed by atoms with Crippen LogP contribution in [0, 0.1) is 15.9 Å². The van der Waals surface area contributed by atoms with Crippen molar-refractivity contribution in [2.75, 3.05) is 24.7 Å². The molecule has 8 heteroatoms. The Morgan fingerprint density at radius 1 is 1.50 bits per heavy atom. The topological polar surface area (TPSA) is 72.7 Å². The Labute approximate surface area is 110 Å². The molecule has 0 saturated carbocycles. The summed E-state index contributed by atoms with van der Waals surface area (Å²) in [6.07, 6.45) is 0. The number of amides is 1. The lowest BCUT2D eigenvalue weighted by Crippen LogP contribution is -2.41. The molecule has 0 spiro atoms. The summed E-state index contributed by atoms with van der Waals surface area (Å²) in [5, 5.41) is 10.7. The van der Waals surface area contributed by atoms with Crippen molar-refractivity contribution < 1.29 is 18.8 Å². The predicted octanol–water partition coefficient (Wildman–Crippen LogP) is 1.86. The van der Waals surface area contributed by atoms with E-state index in [1.165, 1.54) is 4.90 Å². The van der Waals surface area contributed by atoms with Gasteiger partial charge in [0, 0.05) is 17.1 Å². The maximum absolute atomic E-state index is 13.3. The van der Waals surface area contributed by atoms with Crippen molar-refractivity contribution in [1.29, 1.82) is 0 Å². The maximum Gasteiger partial charge on any atom is 0.306 e. The number of anilines is 1. The zero-order valence-electron chi connectivity index (χ0n) is 9.06. The summed E-state index contributed by atoms with van der Waals surface area (Å²) in [7, 11) is 0. The average Bonchev–Trinajstić information content (AvgIpc) is 2.30. The van der Waals surface area contributed by atoms with Gasteiger partial charge in [0.2, 0.25) is 5.82 Å². The summed E-state index contributed by atoms with van der Waals surface area (Å²) in [4.78, 5) is 22.8. The van der Waals surface area contributed by atoms with Crippen LogP contribution in [0.15, 0.2) is 16.6 Å². The maximum atomic E-state index is 13.3. The molecule has 0 aliphatic carbocycles. The monoisotopic (exact) mass is 318 g/mol. The van der Waals surface area contributed by atoms with Gasteiger partial charge in [-0.15, -0.1) is 0 Å². The van der Waals surface area contributed by atoms with E-state index in [1.54, 1.807) is 0 Å². The zero-order chi connectivity index (χ0) is 13.3. The second-order valence-corrected chi connectivity index (χ2v) is 4.46. The van der Waals surface area contributed by atoms with Gasteiger partial charge in [-0.3, -0.25) is 14.9 Å². The van der Waals surface area contributed by atoms with Crippen LogP contribution in [0.3, 0.4) is 0 Å². The fraction of sp³-hybridized carbons (Fsp3) is 0.300. The molecule has 96 valence electrons. The molecular formula is C10H8BrFN2O4. The first kappa shape index (κ1) is 12.9. The molecule has 0 N–H and O–H groups in total. The van der Waals surface area contributed by atoms with E-state index in [9.17, 15) is 19.3 Å². The number of halogens is 2. The first-order valence-corrected chi connectivity index (χ1v) is 5.81. The van der Waals surface area contributed by atoms with Crippen molar-refractivity contribution in [1.82, 2.24) is 0 Å². The molecule has 1 fully saturated rings. The average molecular weight is 319 g/mol. The van der Waals surface area contributed by atoms with Gasteiger partial charge in [0.1, 0.15) is 6.61 Å². The lowest BCUT2D eigenvalue weighted by molar-refractivity contribution is -0.387. The molecule has 1 aliphatic heterocycles. The molecule has 2 rings (SSSR count). The van der Waals surface area contributed by atoms with Crippen LogP contribution in [0.5, 0.6) is 0 Å². The highest BCUT2D eigenvalue weighted by Crippen LogP contribution is 2.33. The number of carbonyl (C=O) groups is 1. The summed E-state index contributed by atoms with van der Waals surface area (Å²) in [5.41, 5.74) is -0.385. The summed E-state index contributed by atoms with van der Waals surface area (Å²) in [6, 6.07) is 2.03. The van der Waals surface area contributed by atoms with Gasteiger partial charge in [-0.25, -0.2) is 0 Å². The number of nitro groups is 1. The number of benzene rings is 1. The fourth-order valence-corrected chi connectivity index (χ4v) is 2.18. The molecule has 1 heterocycles. The fourth-order valence-electron chi connectivity index (χ4n) is 1.65. The van der Waals surface area contributed by atoms with Gasteiger partial charge in [0.15, 0.2) is 0 Å². The molecule has 0 aromatic heterocycles. The van der Waals surface area contributed by atoms with Gasteiger partial charge in [-0.05, 0) is 22.0 Å². The van der Waals surface area contributed by atoms with E-state index >= 15 is 0 Å². The number of nitro benzene ring substituents is 1. The minimum Gasteiger partial charge on any atom is -0.370 e. The number of hydrogen-bond acceptors (Lipinski definition) is 4. The molecule has 1 aromatic carbocycles. The number of carbonyl (C=O) groups excluding carboxylic acids is 1. The smallest absolute Gasteiger partial charge is 0.306 e. The highest BCUT2D eigenvalue weighted by Gasteiger charge is 2.26.